The van der Waals surface area contributed by atoms with Crippen LogP contribution in [0, 0.1) is 0 Å². The maximum atomic E-state index is 13.7. The van der Waals surface area contributed by atoms with Crippen molar-refractivity contribution >= 4 is 51.0 Å². The highest BCUT2D eigenvalue weighted by molar-refractivity contribution is 7.89. The quantitative estimate of drug-likeness (QED) is 0.368. The van der Waals surface area contributed by atoms with E-state index < -0.39 is 39.4 Å². The highest BCUT2D eigenvalue weighted by Crippen LogP contribution is 2.34. The van der Waals surface area contributed by atoms with E-state index in [1.165, 1.54) is 37.4 Å². The number of methoxy groups -OCH3 is 1. The minimum atomic E-state index is -4.99. The molecule has 0 spiro atoms. The van der Waals surface area contributed by atoms with Gasteiger partial charge in [0, 0.05) is 5.56 Å². The predicted octanol–water partition coefficient (Wildman–Crippen LogP) is 4.38. The van der Waals surface area contributed by atoms with Crippen LogP contribution in [0.4, 0.5) is 18.9 Å². The topological polar surface area (TPSA) is 132 Å². The molecule has 1 aliphatic heterocycles. The Morgan fingerprint density at radius 1 is 1.14 bits per heavy atom. The number of nitrogens with zero attached hydrogens (tertiary/aromatic N) is 2. The smallest absolute Gasteiger partial charge is 0.435 e. The van der Waals surface area contributed by atoms with Crippen LogP contribution in [-0.2, 0) is 19.6 Å². The largest absolute Gasteiger partial charge is 0.465 e. The molecule has 1 amide bonds. The molecule has 9 nitrogen and oxygen atoms in total. The van der Waals surface area contributed by atoms with E-state index in [0.717, 1.165) is 30.3 Å². The van der Waals surface area contributed by atoms with Gasteiger partial charge in [-0.2, -0.15) is 23.3 Å². The molecule has 0 radical (unpaired) electrons. The Morgan fingerprint density at radius 3 is 2.41 bits per heavy atom. The highest BCUT2D eigenvalue weighted by atomic mass is 35.5. The van der Waals surface area contributed by atoms with Gasteiger partial charge in [-0.05, 0) is 60.7 Å². The lowest BCUT2D eigenvalue weighted by atomic mass is 10.1. The van der Waals surface area contributed by atoms with Crippen molar-refractivity contribution < 1.29 is 40.3 Å². The van der Waals surface area contributed by atoms with E-state index in [2.05, 4.69) is 9.84 Å². The van der Waals surface area contributed by atoms with Crippen molar-refractivity contribution in [3.63, 3.8) is 0 Å². The van der Waals surface area contributed by atoms with Crippen LogP contribution in [0.3, 0.4) is 0 Å². The summed E-state index contributed by atoms with van der Waals surface area (Å²) < 4.78 is 74.3. The molecule has 1 aliphatic rings. The molecular formula is C23H15ClF3N3O6S. The second kappa shape index (κ2) is 9.50. The fraction of sp³-hybridized carbons (Fsp3) is 0.0870. The number of rotatable bonds is 5. The maximum absolute atomic E-state index is 13.7. The summed E-state index contributed by atoms with van der Waals surface area (Å²) in [4.78, 5) is 24.5. The fourth-order valence-corrected chi connectivity index (χ4v) is 4.09. The molecule has 192 valence electrons. The Morgan fingerprint density at radius 2 is 1.81 bits per heavy atom. The van der Waals surface area contributed by atoms with Crippen molar-refractivity contribution in [3.05, 3.63) is 76.5 Å². The molecule has 0 bridgehead atoms. The van der Waals surface area contributed by atoms with E-state index in [9.17, 15) is 31.2 Å². The number of amides is 1. The second-order valence-corrected chi connectivity index (χ2v) is 9.52. The number of benzene rings is 2. The SMILES string of the molecule is COC(=O)c1cc(-c2ccc(/C=C3\C(=O)N(c4ccc(S(N)(=O)=O)cc4)N=C3C(F)(F)F)o2)ccc1Cl. The Balaban J connectivity index is 1.70. The van der Waals surface area contributed by atoms with Crippen molar-refractivity contribution in [3.8, 4) is 11.3 Å². The molecule has 2 aromatic carbocycles. The Kier molecular flexibility index (Phi) is 6.71. The number of nitrogens with two attached hydrogens (primary N) is 1. The third kappa shape index (κ3) is 5.28. The molecule has 0 aliphatic carbocycles. The number of hydrogen-bond donors (Lipinski definition) is 1. The van der Waals surface area contributed by atoms with E-state index in [1.807, 2.05) is 0 Å². The van der Waals surface area contributed by atoms with Crippen LogP contribution in [0.15, 0.2) is 74.6 Å². The van der Waals surface area contributed by atoms with Gasteiger partial charge in [0.1, 0.15) is 11.5 Å². The van der Waals surface area contributed by atoms with Gasteiger partial charge < -0.3 is 9.15 Å². The number of carbonyl (C=O) groups is 2. The van der Waals surface area contributed by atoms with Gasteiger partial charge in [-0.25, -0.2) is 18.4 Å². The zero-order chi connectivity index (χ0) is 27.1. The van der Waals surface area contributed by atoms with Crippen LogP contribution in [0.1, 0.15) is 16.1 Å². The van der Waals surface area contributed by atoms with E-state index >= 15 is 0 Å². The van der Waals surface area contributed by atoms with Crippen LogP contribution in [0.5, 0.6) is 0 Å². The van der Waals surface area contributed by atoms with Crippen LogP contribution < -0.4 is 10.1 Å². The van der Waals surface area contributed by atoms with Gasteiger partial charge in [-0.15, -0.1) is 0 Å². The molecule has 3 aromatic rings. The molecule has 1 aromatic heterocycles. The molecule has 0 atom stereocenters. The molecule has 2 N–H and O–H groups in total. The first kappa shape index (κ1) is 26.1. The minimum absolute atomic E-state index is 0.0551. The molecule has 0 saturated heterocycles. The average molecular weight is 554 g/mol. The number of hydrazone groups is 1. The number of primary sulfonamides is 1. The first-order valence-electron chi connectivity index (χ1n) is 10.1. The van der Waals surface area contributed by atoms with Crippen LogP contribution in [0.25, 0.3) is 17.4 Å². The van der Waals surface area contributed by atoms with Crippen molar-refractivity contribution in [2.75, 3.05) is 12.1 Å². The highest BCUT2D eigenvalue weighted by Gasteiger charge is 2.47. The van der Waals surface area contributed by atoms with Crippen molar-refractivity contribution in [2.45, 2.75) is 11.1 Å². The summed E-state index contributed by atoms with van der Waals surface area (Å²) in [6, 6.07) is 11.4. The van der Waals surface area contributed by atoms with Gasteiger partial charge in [0.05, 0.1) is 33.9 Å². The van der Waals surface area contributed by atoms with Gasteiger partial charge in [0.25, 0.3) is 5.91 Å². The first-order chi connectivity index (χ1) is 17.3. The number of hydrogen-bond acceptors (Lipinski definition) is 7. The number of alkyl halides is 3. The lowest BCUT2D eigenvalue weighted by molar-refractivity contribution is -0.114. The summed E-state index contributed by atoms with van der Waals surface area (Å²) in [7, 11) is -2.87. The Labute approximate surface area is 212 Å². The van der Waals surface area contributed by atoms with Gasteiger partial charge in [0.15, 0.2) is 5.71 Å². The van der Waals surface area contributed by atoms with E-state index in [1.54, 1.807) is 0 Å². The summed E-state index contributed by atoms with van der Waals surface area (Å²) in [5.74, 6) is -1.73. The number of furan rings is 1. The minimum Gasteiger partial charge on any atom is -0.465 e. The number of carbonyl (C=O) groups excluding carboxylic acids is 2. The fourth-order valence-electron chi connectivity index (χ4n) is 3.38. The van der Waals surface area contributed by atoms with Crippen molar-refractivity contribution in [1.29, 1.82) is 0 Å². The zero-order valence-corrected chi connectivity index (χ0v) is 20.2. The molecule has 2 heterocycles. The molecule has 4 rings (SSSR count). The van der Waals surface area contributed by atoms with Gasteiger partial charge in [0.2, 0.25) is 10.0 Å². The number of halogens is 4. The second-order valence-electron chi connectivity index (χ2n) is 7.55. The molecule has 0 unspecified atom stereocenters. The Bertz CT molecular complexity index is 1580. The van der Waals surface area contributed by atoms with E-state index in [0.29, 0.717) is 10.6 Å². The normalized spacial score (nSPS) is 15.3. The summed E-state index contributed by atoms with van der Waals surface area (Å²) in [6.07, 6.45) is -4.11. The molecule has 37 heavy (non-hydrogen) atoms. The third-order valence-corrected chi connectivity index (χ3v) is 6.38. The monoisotopic (exact) mass is 553 g/mol. The number of anilines is 1. The van der Waals surface area contributed by atoms with Gasteiger partial charge >= 0.3 is 12.1 Å². The third-order valence-electron chi connectivity index (χ3n) is 5.13. The zero-order valence-electron chi connectivity index (χ0n) is 18.6. The van der Waals surface area contributed by atoms with Gasteiger partial charge in [-0.3, -0.25) is 4.79 Å². The summed E-state index contributed by atoms with van der Waals surface area (Å²) in [5, 5.41) is 9.06. The summed E-state index contributed by atoms with van der Waals surface area (Å²) >= 11 is 6.01. The molecular weight excluding hydrogens is 539 g/mol. The van der Waals surface area contributed by atoms with Crippen LogP contribution in [0.2, 0.25) is 5.02 Å². The number of sulfonamides is 1. The van der Waals surface area contributed by atoms with Crippen molar-refractivity contribution in [2.24, 2.45) is 10.2 Å². The standard InChI is InChI=1S/C23H15ClF3N3O6S/c1-35-22(32)16-10-12(2-8-18(16)24)19-9-5-14(36-19)11-17-20(23(25,26)27)29-30(21(17)31)13-3-6-15(7-4-13)37(28,33)34/h2-11H,1H3,(H2,28,33,34)/b17-11-. The predicted molar refractivity (Wildman–Crippen MR) is 127 cm³/mol. The van der Waals surface area contributed by atoms with E-state index in [4.69, 9.17) is 21.2 Å². The summed E-state index contributed by atoms with van der Waals surface area (Å²) in [5.41, 5.74) is -1.94. The number of esters is 1. The lowest BCUT2D eigenvalue weighted by Crippen LogP contribution is -2.25. The molecule has 0 saturated carbocycles. The lowest BCUT2D eigenvalue weighted by Gasteiger charge is -2.11. The average Bonchev–Trinajstić information content (AvgIpc) is 3.43. The van der Waals surface area contributed by atoms with Gasteiger partial charge in [-0.1, -0.05) is 11.6 Å². The number of ether oxygens (including phenoxy) is 1. The molecule has 14 heteroatoms. The Hall–Kier alpha value is -3.94. The van der Waals surface area contributed by atoms with Crippen LogP contribution in [-0.4, -0.2) is 39.3 Å². The van der Waals surface area contributed by atoms with Crippen LogP contribution >= 0.6 is 11.6 Å². The first-order valence-corrected chi connectivity index (χ1v) is 12.1. The van der Waals surface area contributed by atoms with E-state index in [-0.39, 0.29) is 32.7 Å². The maximum Gasteiger partial charge on any atom is 0.435 e. The summed E-state index contributed by atoms with van der Waals surface area (Å²) in [6.45, 7) is 0. The van der Waals surface area contributed by atoms with Crippen molar-refractivity contribution in [1.82, 2.24) is 0 Å². The molecule has 0 fully saturated rings.